The minimum atomic E-state index is 0.597. The van der Waals surface area contributed by atoms with Gasteiger partial charge < -0.3 is 5.73 Å². The maximum Gasteiger partial charge on any atom is 0.0708 e. The van der Waals surface area contributed by atoms with E-state index < -0.39 is 0 Å². The van der Waals surface area contributed by atoms with Crippen LogP contribution in [0.5, 0.6) is 0 Å². The van der Waals surface area contributed by atoms with Gasteiger partial charge in [-0.05, 0) is 121 Å². The summed E-state index contributed by atoms with van der Waals surface area (Å²) in [5, 5.41) is 0. The fourth-order valence-electron chi connectivity index (χ4n) is 5.55. The molecule has 4 aromatic carbocycles. The molecule has 0 bridgehead atoms. The van der Waals surface area contributed by atoms with Crippen molar-refractivity contribution in [1.82, 2.24) is 0 Å². The normalized spacial score (nSPS) is 13.8. The van der Waals surface area contributed by atoms with Gasteiger partial charge in [0.15, 0.2) is 0 Å². The third-order valence-electron chi connectivity index (χ3n) is 8.65. The van der Waals surface area contributed by atoms with Crippen LogP contribution in [0.4, 0.5) is 11.4 Å². The summed E-state index contributed by atoms with van der Waals surface area (Å²) in [6.07, 6.45) is 23.1. The Balaban J connectivity index is 0.00000112. The van der Waals surface area contributed by atoms with Crippen LogP contribution in [-0.2, 0) is 6.42 Å². The first-order chi connectivity index (χ1) is 25.8. The van der Waals surface area contributed by atoms with Gasteiger partial charge in [-0.1, -0.05) is 170 Å². The number of aliphatic imine (C=N–C) groups is 1. The van der Waals surface area contributed by atoms with Gasteiger partial charge in [0.2, 0.25) is 0 Å². The third-order valence-corrected chi connectivity index (χ3v) is 8.65. The second kappa shape index (κ2) is 24.9. The van der Waals surface area contributed by atoms with Gasteiger partial charge in [-0.15, -0.1) is 0 Å². The van der Waals surface area contributed by atoms with E-state index in [1.165, 1.54) is 16.7 Å². The Kier molecular flexibility index (Phi) is 20.6. The molecule has 1 aliphatic carbocycles. The SMILES string of the molecule is C=C(C/C=C\C=C/CC)c1cc(-c2ccc(N)c(CC3=CCC(C)C=C3)c2)ccc1N=C(C)c1ccc(-c2ccccc2)cc1.CC.CC.CC=CC. The van der Waals surface area contributed by atoms with Gasteiger partial charge in [-0.2, -0.15) is 0 Å². The van der Waals surface area contributed by atoms with Crippen molar-refractivity contribution >= 4 is 22.7 Å². The summed E-state index contributed by atoms with van der Waals surface area (Å²) in [6.45, 7) is 23.0. The van der Waals surface area contributed by atoms with Crippen molar-refractivity contribution in [2.75, 3.05) is 5.73 Å². The topological polar surface area (TPSA) is 38.4 Å². The van der Waals surface area contributed by atoms with E-state index >= 15 is 0 Å². The summed E-state index contributed by atoms with van der Waals surface area (Å²) in [5.74, 6) is 0.597. The number of hydrogen-bond acceptors (Lipinski definition) is 2. The molecule has 2 heteroatoms. The van der Waals surface area contributed by atoms with Gasteiger partial charge >= 0.3 is 0 Å². The summed E-state index contributed by atoms with van der Waals surface area (Å²) >= 11 is 0. The molecule has 2 N–H and O–H groups in total. The summed E-state index contributed by atoms with van der Waals surface area (Å²) in [7, 11) is 0. The van der Waals surface area contributed by atoms with Crippen LogP contribution in [0.2, 0.25) is 0 Å². The van der Waals surface area contributed by atoms with Crippen LogP contribution < -0.4 is 5.73 Å². The van der Waals surface area contributed by atoms with E-state index in [2.05, 4.69) is 149 Å². The van der Waals surface area contributed by atoms with Crippen LogP contribution in [-0.4, -0.2) is 5.71 Å². The maximum atomic E-state index is 6.46. The maximum absolute atomic E-state index is 6.46. The van der Waals surface area contributed by atoms with Crippen molar-refractivity contribution in [2.24, 2.45) is 10.9 Å². The molecule has 0 aliphatic heterocycles. The van der Waals surface area contributed by atoms with E-state index in [0.717, 1.165) is 76.2 Å². The molecule has 4 aromatic rings. The van der Waals surface area contributed by atoms with Gasteiger partial charge in [0.1, 0.15) is 0 Å². The molecule has 1 atom stereocenters. The number of benzene rings is 4. The molecule has 1 unspecified atom stereocenters. The first-order valence-electron chi connectivity index (χ1n) is 19.5. The lowest BCUT2D eigenvalue weighted by atomic mass is 9.91. The Bertz CT molecular complexity index is 1860. The predicted molar refractivity (Wildman–Crippen MR) is 240 cm³/mol. The van der Waals surface area contributed by atoms with E-state index in [1.54, 1.807) is 0 Å². The van der Waals surface area contributed by atoms with Gasteiger partial charge in [0, 0.05) is 17.0 Å². The van der Waals surface area contributed by atoms with E-state index in [0.29, 0.717) is 5.92 Å². The number of anilines is 1. The zero-order chi connectivity index (χ0) is 39.0. The molecular weight excluding hydrogens is 641 g/mol. The van der Waals surface area contributed by atoms with Gasteiger partial charge in [0.05, 0.1) is 5.69 Å². The Labute approximate surface area is 323 Å². The molecule has 2 nitrogen and oxygen atoms in total. The molecule has 0 fully saturated rings. The van der Waals surface area contributed by atoms with Crippen LogP contribution in [0.15, 0.2) is 163 Å². The fraction of sp³-hybridized carbons (Fsp3) is 0.275. The molecular formula is C51H64N2. The highest BCUT2D eigenvalue weighted by molar-refractivity contribution is 6.01. The number of nitrogens with zero attached hydrogens (tertiary/aromatic N) is 1. The highest BCUT2D eigenvalue weighted by atomic mass is 14.7. The standard InChI is InChI=1S/C43H44N2.C4H8.2C2H6/c1-5-6-7-8-10-13-32(3)41-30-39(38-24-26-42(44)40(29-38)28-34-18-16-31(2)17-19-34)25-27-43(41)45-33(4)35-20-22-37(23-21-35)36-14-11-9-12-15-36;1-3-4-2;2*1-2/h6-12,14-16,18-27,29-31H,3,5,13,17,28,44H2,1-2,4H3;3-4H,1-2H3;2*1-2H3/b7-6-,10-8-,45-33?;;;. The van der Waals surface area contributed by atoms with Crippen LogP contribution in [0.3, 0.4) is 0 Å². The zero-order valence-electron chi connectivity index (χ0n) is 34.0. The van der Waals surface area contributed by atoms with Gasteiger partial charge in [0.25, 0.3) is 0 Å². The second-order valence-corrected chi connectivity index (χ2v) is 12.6. The lowest BCUT2D eigenvalue weighted by molar-refractivity contribution is 0.728. The smallest absolute Gasteiger partial charge is 0.0708 e. The Morgan fingerprint density at radius 3 is 2.02 bits per heavy atom. The van der Waals surface area contributed by atoms with Crippen LogP contribution in [0, 0.1) is 5.92 Å². The molecule has 0 aromatic heterocycles. The number of nitrogen functional groups attached to an aromatic ring is 1. The van der Waals surface area contributed by atoms with Crippen molar-refractivity contribution < 1.29 is 0 Å². The predicted octanol–water partition coefficient (Wildman–Crippen LogP) is 15.4. The Morgan fingerprint density at radius 2 is 1.40 bits per heavy atom. The molecule has 5 rings (SSSR count). The molecule has 0 radical (unpaired) electrons. The molecule has 0 saturated carbocycles. The van der Waals surface area contributed by atoms with E-state index in [4.69, 9.17) is 10.7 Å². The first-order valence-corrected chi connectivity index (χ1v) is 19.5. The summed E-state index contributed by atoms with van der Waals surface area (Å²) in [5.41, 5.74) is 19.5. The van der Waals surface area contributed by atoms with E-state index in [-0.39, 0.29) is 0 Å². The molecule has 53 heavy (non-hydrogen) atoms. The Hall–Kier alpha value is -5.21. The van der Waals surface area contributed by atoms with Crippen molar-refractivity contribution in [3.05, 3.63) is 175 Å². The average Bonchev–Trinajstić information content (AvgIpc) is 3.21. The van der Waals surface area contributed by atoms with E-state index in [9.17, 15) is 0 Å². The minimum Gasteiger partial charge on any atom is -0.398 e. The molecule has 0 heterocycles. The van der Waals surface area contributed by atoms with E-state index in [1.807, 2.05) is 65.8 Å². The molecule has 0 saturated heterocycles. The number of hydrogen-bond donors (Lipinski definition) is 1. The number of nitrogens with two attached hydrogens (primary N) is 1. The molecule has 0 spiro atoms. The monoisotopic (exact) mass is 705 g/mol. The highest BCUT2D eigenvalue weighted by Gasteiger charge is 2.12. The largest absolute Gasteiger partial charge is 0.398 e. The number of allylic oxidation sites excluding steroid dienone is 11. The van der Waals surface area contributed by atoms with Crippen LogP contribution in [0.1, 0.15) is 98.3 Å². The van der Waals surface area contributed by atoms with Gasteiger partial charge in [-0.3, -0.25) is 4.99 Å². The number of rotatable bonds is 11. The molecule has 1 aliphatic rings. The van der Waals surface area contributed by atoms with Crippen molar-refractivity contribution in [2.45, 2.75) is 88.0 Å². The summed E-state index contributed by atoms with van der Waals surface area (Å²) < 4.78 is 0. The minimum absolute atomic E-state index is 0.597. The van der Waals surface area contributed by atoms with Crippen molar-refractivity contribution in [3.63, 3.8) is 0 Å². The molecule has 278 valence electrons. The van der Waals surface area contributed by atoms with Crippen molar-refractivity contribution in [1.29, 1.82) is 0 Å². The lowest BCUT2D eigenvalue weighted by Crippen LogP contribution is -2.00. The summed E-state index contributed by atoms with van der Waals surface area (Å²) in [6, 6.07) is 32.0. The zero-order valence-corrected chi connectivity index (χ0v) is 34.0. The van der Waals surface area contributed by atoms with Crippen molar-refractivity contribution in [3.8, 4) is 22.3 Å². The average molecular weight is 705 g/mol. The first kappa shape index (κ1) is 44.0. The quantitative estimate of drug-likeness (QED) is 0.0718. The highest BCUT2D eigenvalue weighted by Crippen LogP contribution is 2.35. The lowest BCUT2D eigenvalue weighted by Gasteiger charge is -2.15. The molecule has 0 amide bonds. The fourth-order valence-corrected chi connectivity index (χ4v) is 5.55. The van der Waals surface area contributed by atoms with Crippen LogP contribution in [0.25, 0.3) is 27.8 Å². The van der Waals surface area contributed by atoms with Crippen LogP contribution >= 0.6 is 0 Å². The van der Waals surface area contributed by atoms with Gasteiger partial charge in [-0.25, -0.2) is 0 Å². The summed E-state index contributed by atoms with van der Waals surface area (Å²) in [4.78, 5) is 5.14. The Morgan fingerprint density at radius 1 is 0.792 bits per heavy atom. The second-order valence-electron chi connectivity index (χ2n) is 12.6. The third kappa shape index (κ3) is 14.4.